The van der Waals surface area contributed by atoms with E-state index in [2.05, 4.69) is 109 Å². The van der Waals surface area contributed by atoms with E-state index < -0.39 is 0 Å². The Hall–Kier alpha value is -5.54. The number of hydrogen-bond acceptors (Lipinski definition) is 3. The average Bonchev–Trinajstić information content (AvgIpc) is 3.15. The van der Waals surface area contributed by atoms with Crippen molar-refractivity contribution in [2.45, 2.75) is 0 Å². The van der Waals surface area contributed by atoms with Gasteiger partial charge in [-0.1, -0.05) is 121 Å². The van der Waals surface area contributed by atoms with Crippen molar-refractivity contribution >= 4 is 10.8 Å². The molecule has 47 heavy (non-hydrogen) atoms. The molecule has 1 radical (unpaired) electrons. The monoisotopic (exact) mass is 779 g/mol. The standard InChI is InChI=1S/C43H28N3.Ir/c1-4-13-30(14-5-1)36-26-37(31-15-6-2-7-16-31)28-38(27-36)41-29-40(33-18-8-3-9-19-33)45-43(46-41)35-21-12-20-34(25-35)42-39-22-11-10-17-32(39)23-24-44-42;/h1-19,21-29H;/q-1;. The summed E-state index contributed by atoms with van der Waals surface area (Å²) >= 11 is 0. The van der Waals surface area contributed by atoms with Gasteiger partial charge in [0.25, 0.3) is 0 Å². The van der Waals surface area contributed by atoms with Crippen molar-refractivity contribution in [1.29, 1.82) is 0 Å². The summed E-state index contributed by atoms with van der Waals surface area (Å²) in [6.07, 6.45) is 1.85. The minimum absolute atomic E-state index is 0. The SMILES string of the molecule is [Ir].[c-]1ccc(-c2nc(-c3ccccc3)cc(-c3cc(-c4ccccc4)cc(-c4ccccc4)c3)n2)cc1-c1nccc2ccccc12. The second kappa shape index (κ2) is 13.4. The van der Waals surface area contributed by atoms with Gasteiger partial charge in [-0.15, -0.1) is 29.8 Å². The molecule has 6 aromatic carbocycles. The fourth-order valence-corrected chi connectivity index (χ4v) is 5.93. The van der Waals surface area contributed by atoms with Crippen LogP contribution in [0.1, 0.15) is 0 Å². The van der Waals surface area contributed by atoms with Crippen molar-refractivity contribution in [3.63, 3.8) is 0 Å². The second-order valence-electron chi connectivity index (χ2n) is 11.2. The Kier molecular flexibility index (Phi) is 8.62. The third-order valence-electron chi connectivity index (χ3n) is 8.23. The molecule has 0 unspecified atom stereocenters. The van der Waals surface area contributed by atoms with Gasteiger partial charge < -0.3 is 4.98 Å². The molecule has 3 nitrogen and oxygen atoms in total. The molecular formula is C43H28IrN3-. The molecule has 0 aliphatic heterocycles. The zero-order valence-corrected chi connectivity index (χ0v) is 27.7. The molecule has 0 fully saturated rings. The van der Waals surface area contributed by atoms with Gasteiger partial charge in [-0.2, -0.15) is 0 Å². The number of fused-ring (bicyclic) bond motifs is 1. The molecule has 0 spiro atoms. The molecule has 2 heterocycles. The Morgan fingerprint density at radius 1 is 0.426 bits per heavy atom. The quantitative estimate of drug-likeness (QED) is 0.158. The minimum atomic E-state index is 0. The van der Waals surface area contributed by atoms with Crippen molar-refractivity contribution < 1.29 is 20.1 Å². The first-order valence-corrected chi connectivity index (χ1v) is 15.4. The molecule has 0 N–H and O–H groups in total. The van der Waals surface area contributed by atoms with Crippen LogP contribution in [0.2, 0.25) is 0 Å². The van der Waals surface area contributed by atoms with Gasteiger partial charge in [0, 0.05) is 37.4 Å². The predicted octanol–water partition coefficient (Wildman–Crippen LogP) is 10.8. The summed E-state index contributed by atoms with van der Waals surface area (Å²) < 4.78 is 0. The normalized spacial score (nSPS) is 10.8. The summed E-state index contributed by atoms with van der Waals surface area (Å²) in [5, 5.41) is 2.23. The maximum atomic E-state index is 5.22. The Balaban J connectivity index is 0.00000351. The molecule has 2 aromatic heterocycles. The first kappa shape index (κ1) is 30.1. The number of hydrogen-bond donors (Lipinski definition) is 0. The van der Waals surface area contributed by atoms with Crippen LogP contribution in [0.4, 0.5) is 0 Å². The van der Waals surface area contributed by atoms with Crippen molar-refractivity contribution in [2.75, 3.05) is 0 Å². The van der Waals surface area contributed by atoms with E-state index in [0.717, 1.165) is 72.4 Å². The maximum absolute atomic E-state index is 5.22. The first-order valence-electron chi connectivity index (χ1n) is 15.4. The second-order valence-corrected chi connectivity index (χ2v) is 11.2. The third kappa shape index (κ3) is 6.30. The van der Waals surface area contributed by atoms with Gasteiger partial charge in [-0.25, -0.2) is 9.97 Å². The van der Waals surface area contributed by atoms with Crippen LogP contribution in [-0.2, 0) is 20.1 Å². The van der Waals surface area contributed by atoms with E-state index in [9.17, 15) is 0 Å². The van der Waals surface area contributed by atoms with Crippen LogP contribution < -0.4 is 0 Å². The number of rotatable bonds is 6. The minimum Gasteiger partial charge on any atom is -0.304 e. The van der Waals surface area contributed by atoms with Gasteiger partial charge in [0.1, 0.15) is 5.82 Å². The predicted molar refractivity (Wildman–Crippen MR) is 189 cm³/mol. The van der Waals surface area contributed by atoms with E-state index in [1.807, 2.05) is 66.9 Å². The summed E-state index contributed by atoms with van der Waals surface area (Å²) in [4.78, 5) is 15.1. The number of nitrogens with zero attached hydrogens (tertiary/aromatic N) is 3. The Bertz CT molecular complexity index is 2240. The van der Waals surface area contributed by atoms with Gasteiger partial charge in [-0.3, -0.25) is 0 Å². The summed E-state index contributed by atoms with van der Waals surface area (Å²) in [6, 6.07) is 59.9. The van der Waals surface area contributed by atoms with E-state index in [0.29, 0.717) is 5.82 Å². The molecule has 0 saturated heterocycles. The molecular weight excluding hydrogens is 751 g/mol. The Labute approximate surface area is 288 Å². The van der Waals surface area contributed by atoms with Crippen LogP contribution in [0, 0.1) is 6.07 Å². The van der Waals surface area contributed by atoms with Gasteiger partial charge in [0.05, 0.1) is 11.4 Å². The Morgan fingerprint density at radius 2 is 0.979 bits per heavy atom. The first-order chi connectivity index (χ1) is 22.8. The number of benzene rings is 6. The zero-order valence-electron chi connectivity index (χ0n) is 25.3. The van der Waals surface area contributed by atoms with Crippen LogP contribution in [0.25, 0.3) is 78.2 Å². The van der Waals surface area contributed by atoms with E-state index in [1.54, 1.807) is 0 Å². The number of pyridine rings is 1. The third-order valence-corrected chi connectivity index (χ3v) is 8.23. The molecule has 0 amide bonds. The van der Waals surface area contributed by atoms with Crippen LogP contribution in [-0.4, -0.2) is 15.0 Å². The van der Waals surface area contributed by atoms with Crippen molar-refractivity contribution in [3.8, 4) is 67.4 Å². The fourth-order valence-electron chi connectivity index (χ4n) is 5.93. The average molecular weight is 779 g/mol. The van der Waals surface area contributed by atoms with Crippen LogP contribution in [0.5, 0.6) is 0 Å². The van der Waals surface area contributed by atoms with Gasteiger partial charge in [0.2, 0.25) is 0 Å². The molecule has 0 aliphatic rings. The van der Waals surface area contributed by atoms with Crippen molar-refractivity contribution in [2.24, 2.45) is 0 Å². The molecule has 0 bridgehead atoms. The summed E-state index contributed by atoms with van der Waals surface area (Å²) in [5.41, 5.74) is 11.1. The van der Waals surface area contributed by atoms with Crippen LogP contribution in [0.15, 0.2) is 170 Å². The maximum Gasteiger partial charge on any atom is 0.142 e. The van der Waals surface area contributed by atoms with Crippen LogP contribution >= 0.6 is 0 Å². The molecule has 8 aromatic rings. The van der Waals surface area contributed by atoms with Gasteiger partial charge in [-0.05, 0) is 69.1 Å². The summed E-state index contributed by atoms with van der Waals surface area (Å²) in [5.74, 6) is 0.651. The fraction of sp³-hybridized carbons (Fsp3) is 0. The smallest absolute Gasteiger partial charge is 0.142 e. The van der Waals surface area contributed by atoms with E-state index in [-0.39, 0.29) is 20.1 Å². The van der Waals surface area contributed by atoms with Gasteiger partial charge >= 0.3 is 0 Å². The summed E-state index contributed by atoms with van der Waals surface area (Å²) in [7, 11) is 0. The molecule has 225 valence electrons. The molecule has 0 atom stereocenters. The van der Waals surface area contributed by atoms with E-state index >= 15 is 0 Å². The molecule has 0 aliphatic carbocycles. The van der Waals surface area contributed by atoms with E-state index in [1.165, 1.54) is 0 Å². The van der Waals surface area contributed by atoms with Crippen molar-refractivity contribution in [3.05, 3.63) is 176 Å². The molecule has 0 saturated carbocycles. The largest absolute Gasteiger partial charge is 0.304 e. The van der Waals surface area contributed by atoms with Crippen molar-refractivity contribution in [1.82, 2.24) is 15.0 Å². The van der Waals surface area contributed by atoms with E-state index in [4.69, 9.17) is 15.0 Å². The molecule has 4 heteroatoms. The molecule has 8 rings (SSSR count). The van der Waals surface area contributed by atoms with Crippen LogP contribution in [0.3, 0.4) is 0 Å². The topological polar surface area (TPSA) is 38.7 Å². The zero-order chi connectivity index (χ0) is 30.7. The Morgan fingerprint density at radius 3 is 1.64 bits per heavy atom. The number of aromatic nitrogens is 3. The summed E-state index contributed by atoms with van der Waals surface area (Å²) in [6.45, 7) is 0. The van der Waals surface area contributed by atoms with Gasteiger partial charge in [0.15, 0.2) is 0 Å².